The van der Waals surface area contributed by atoms with E-state index in [1.807, 2.05) is 42.5 Å². The fraction of sp³-hybridized carbons (Fsp3) is 0.333. The highest BCUT2D eigenvalue weighted by Crippen LogP contribution is 2.32. The molecule has 3 aromatic rings. The number of halogens is 1. The van der Waals surface area contributed by atoms with Gasteiger partial charge in [-0.05, 0) is 87.3 Å². The number of carbonyl (C=O) groups is 1. The van der Waals surface area contributed by atoms with Crippen LogP contribution in [-0.4, -0.2) is 25.8 Å². The maximum Gasteiger partial charge on any atom is 0.240 e. The summed E-state index contributed by atoms with van der Waals surface area (Å²) in [6, 6.07) is 19.7. The van der Waals surface area contributed by atoms with Crippen molar-refractivity contribution in [3.8, 4) is 17.2 Å². The van der Waals surface area contributed by atoms with E-state index in [-0.39, 0.29) is 11.3 Å². The predicted molar refractivity (Wildman–Crippen MR) is 152 cm³/mol. The average Bonchev–Trinajstić information content (AvgIpc) is 2.86. The third-order valence-corrected chi connectivity index (χ3v) is 6.46. The van der Waals surface area contributed by atoms with Crippen LogP contribution in [0.3, 0.4) is 0 Å². The second kappa shape index (κ2) is 13.3. The molecule has 7 heteroatoms. The van der Waals surface area contributed by atoms with Crippen LogP contribution in [0.5, 0.6) is 17.2 Å². The largest absolute Gasteiger partial charge is 0.493 e. The molecule has 0 saturated carbocycles. The Morgan fingerprint density at radius 1 is 1.00 bits per heavy atom. The summed E-state index contributed by atoms with van der Waals surface area (Å²) in [4.78, 5) is 12.2. The lowest BCUT2D eigenvalue weighted by molar-refractivity contribution is -0.121. The SMILES string of the molecule is COc1cc(/C=N/NC(=O)CCCOc2ccc(C(C)(C)C)cc2Br)ccc1OCc1ccccc1C. The van der Waals surface area contributed by atoms with Gasteiger partial charge < -0.3 is 14.2 Å². The highest BCUT2D eigenvalue weighted by Gasteiger charge is 2.15. The zero-order chi connectivity index (χ0) is 26.8. The molecule has 0 aliphatic rings. The minimum atomic E-state index is -0.174. The van der Waals surface area contributed by atoms with Crippen LogP contribution < -0.4 is 19.6 Å². The van der Waals surface area contributed by atoms with Crippen LogP contribution in [0, 0.1) is 6.92 Å². The summed E-state index contributed by atoms with van der Waals surface area (Å²) in [6.07, 6.45) is 2.47. The third-order valence-electron chi connectivity index (χ3n) is 5.84. The molecule has 0 aliphatic heterocycles. The standard InChI is InChI=1S/C30H35BrN2O4/c1-21-9-6-7-10-23(21)20-37-27-14-12-22(17-28(27)35-5)19-32-33-29(34)11-8-16-36-26-15-13-24(18-25(26)31)30(2,3)4/h6-7,9-10,12-15,17-19H,8,11,16,20H2,1-5H3,(H,33,34)/b32-19+. The minimum absolute atomic E-state index is 0.0716. The second-order valence-electron chi connectivity index (χ2n) is 9.77. The van der Waals surface area contributed by atoms with E-state index < -0.39 is 0 Å². The lowest BCUT2D eigenvalue weighted by Gasteiger charge is -2.20. The van der Waals surface area contributed by atoms with Crippen molar-refractivity contribution in [3.63, 3.8) is 0 Å². The molecule has 0 spiro atoms. The molecular formula is C30H35BrN2O4. The van der Waals surface area contributed by atoms with Crippen molar-refractivity contribution in [2.24, 2.45) is 5.10 Å². The smallest absolute Gasteiger partial charge is 0.240 e. The molecule has 0 saturated heterocycles. The first-order chi connectivity index (χ1) is 17.7. The van der Waals surface area contributed by atoms with E-state index >= 15 is 0 Å². The lowest BCUT2D eigenvalue weighted by atomic mass is 9.87. The number of methoxy groups -OCH3 is 1. The number of carbonyl (C=O) groups excluding carboxylic acids is 1. The molecule has 3 rings (SSSR count). The number of hydrogen-bond donors (Lipinski definition) is 1. The molecule has 0 fully saturated rings. The van der Waals surface area contributed by atoms with E-state index in [0.29, 0.717) is 37.6 Å². The van der Waals surface area contributed by atoms with Gasteiger partial charge in [-0.2, -0.15) is 5.10 Å². The molecule has 0 aliphatic carbocycles. The van der Waals surface area contributed by atoms with Gasteiger partial charge in [-0.3, -0.25) is 4.79 Å². The Hall–Kier alpha value is -3.32. The highest BCUT2D eigenvalue weighted by molar-refractivity contribution is 9.10. The molecule has 0 radical (unpaired) electrons. The van der Waals surface area contributed by atoms with Crippen LogP contribution >= 0.6 is 15.9 Å². The Kier molecular flexibility index (Phi) is 10.1. The summed E-state index contributed by atoms with van der Waals surface area (Å²) >= 11 is 3.57. The fourth-order valence-electron chi connectivity index (χ4n) is 3.55. The van der Waals surface area contributed by atoms with Gasteiger partial charge in [-0.25, -0.2) is 5.43 Å². The van der Waals surface area contributed by atoms with Crippen molar-refractivity contribution >= 4 is 28.1 Å². The Labute approximate surface area is 228 Å². The van der Waals surface area contributed by atoms with Crippen molar-refractivity contribution in [1.29, 1.82) is 0 Å². The van der Waals surface area contributed by atoms with Crippen molar-refractivity contribution < 1.29 is 19.0 Å². The van der Waals surface area contributed by atoms with E-state index in [1.54, 1.807) is 13.3 Å². The zero-order valence-corrected chi connectivity index (χ0v) is 23.7. The van der Waals surface area contributed by atoms with Crippen LogP contribution in [0.2, 0.25) is 0 Å². The molecule has 6 nitrogen and oxygen atoms in total. The Balaban J connectivity index is 1.43. The molecule has 37 heavy (non-hydrogen) atoms. The molecule has 0 aromatic heterocycles. The van der Waals surface area contributed by atoms with Crippen LogP contribution in [0.15, 0.2) is 70.2 Å². The molecule has 0 heterocycles. The average molecular weight is 568 g/mol. The maximum atomic E-state index is 12.2. The summed E-state index contributed by atoms with van der Waals surface area (Å²) in [7, 11) is 1.60. The quantitative estimate of drug-likeness (QED) is 0.155. The molecule has 0 atom stereocenters. The molecule has 1 N–H and O–H groups in total. The van der Waals surface area contributed by atoms with Gasteiger partial charge in [0.1, 0.15) is 12.4 Å². The van der Waals surface area contributed by atoms with Crippen molar-refractivity contribution in [3.05, 3.63) is 87.4 Å². The summed E-state index contributed by atoms with van der Waals surface area (Å²) in [5.41, 5.74) is 6.94. The lowest BCUT2D eigenvalue weighted by Crippen LogP contribution is -2.18. The first-order valence-corrected chi connectivity index (χ1v) is 13.1. The number of nitrogens with zero attached hydrogens (tertiary/aromatic N) is 1. The number of hydrazone groups is 1. The van der Waals surface area contributed by atoms with Gasteiger partial charge >= 0.3 is 0 Å². The minimum Gasteiger partial charge on any atom is -0.493 e. The Morgan fingerprint density at radius 2 is 1.76 bits per heavy atom. The maximum absolute atomic E-state index is 12.2. The first kappa shape index (κ1) is 28.3. The normalized spacial score (nSPS) is 11.4. The van der Waals surface area contributed by atoms with Crippen LogP contribution in [0.4, 0.5) is 0 Å². The number of aryl methyl sites for hydroxylation is 1. The molecule has 3 aromatic carbocycles. The highest BCUT2D eigenvalue weighted by atomic mass is 79.9. The number of nitrogens with one attached hydrogen (secondary N) is 1. The topological polar surface area (TPSA) is 69.2 Å². The number of amides is 1. The predicted octanol–water partition coefficient (Wildman–Crippen LogP) is 6.95. The van der Waals surface area contributed by atoms with Gasteiger partial charge in [0.05, 0.1) is 24.4 Å². The Morgan fingerprint density at radius 3 is 2.46 bits per heavy atom. The van der Waals surface area contributed by atoms with Gasteiger partial charge in [-0.15, -0.1) is 0 Å². The third kappa shape index (κ3) is 8.64. The van der Waals surface area contributed by atoms with Crippen molar-refractivity contribution in [2.75, 3.05) is 13.7 Å². The van der Waals surface area contributed by atoms with Crippen molar-refractivity contribution in [2.45, 2.75) is 52.6 Å². The van der Waals surface area contributed by atoms with Gasteiger partial charge in [0.15, 0.2) is 11.5 Å². The van der Waals surface area contributed by atoms with E-state index in [0.717, 1.165) is 21.3 Å². The van der Waals surface area contributed by atoms with Crippen LogP contribution in [0.1, 0.15) is 55.9 Å². The van der Waals surface area contributed by atoms with Crippen molar-refractivity contribution in [1.82, 2.24) is 5.43 Å². The van der Waals surface area contributed by atoms with E-state index in [9.17, 15) is 4.79 Å². The fourth-order valence-corrected chi connectivity index (χ4v) is 4.04. The van der Waals surface area contributed by atoms with Crippen LogP contribution in [0.25, 0.3) is 0 Å². The monoisotopic (exact) mass is 566 g/mol. The van der Waals surface area contributed by atoms with Gasteiger partial charge in [0.25, 0.3) is 0 Å². The summed E-state index contributed by atoms with van der Waals surface area (Å²) in [5.74, 6) is 1.84. The van der Waals surface area contributed by atoms with E-state index in [1.165, 1.54) is 11.1 Å². The molecule has 1 amide bonds. The summed E-state index contributed by atoms with van der Waals surface area (Å²) in [5, 5.41) is 4.07. The van der Waals surface area contributed by atoms with E-state index in [2.05, 4.69) is 72.4 Å². The van der Waals surface area contributed by atoms with E-state index in [4.69, 9.17) is 14.2 Å². The summed E-state index contributed by atoms with van der Waals surface area (Å²) in [6.45, 7) is 9.46. The molecule has 0 unspecified atom stereocenters. The zero-order valence-electron chi connectivity index (χ0n) is 22.1. The number of benzene rings is 3. The molecule has 0 bridgehead atoms. The number of ether oxygens (including phenoxy) is 3. The van der Waals surface area contributed by atoms with Gasteiger partial charge in [-0.1, -0.05) is 51.1 Å². The Bertz CT molecular complexity index is 1230. The van der Waals surface area contributed by atoms with Gasteiger partial charge in [0.2, 0.25) is 5.91 Å². The first-order valence-electron chi connectivity index (χ1n) is 12.3. The molecule has 196 valence electrons. The number of hydrogen-bond acceptors (Lipinski definition) is 5. The van der Waals surface area contributed by atoms with Crippen LogP contribution in [-0.2, 0) is 16.8 Å². The number of rotatable bonds is 11. The van der Waals surface area contributed by atoms with Gasteiger partial charge in [0, 0.05) is 6.42 Å². The molecular weight excluding hydrogens is 532 g/mol. The second-order valence-corrected chi connectivity index (χ2v) is 10.6. The summed E-state index contributed by atoms with van der Waals surface area (Å²) < 4.78 is 18.2.